The van der Waals surface area contributed by atoms with Crippen molar-refractivity contribution in [2.24, 2.45) is 5.92 Å². The summed E-state index contributed by atoms with van der Waals surface area (Å²) in [5.41, 5.74) is -4.15. The molecule has 1 aromatic heterocycles. The maximum Gasteiger partial charge on any atom is 0.481 e. The van der Waals surface area contributed by atoms with E-state index in [0.717, 1.165) is 12.3 Å². The van der Waals surface area contributed by atoms with E-state index < -0.39 is 145 Å². The van der Waals surface area contributed by atoms with Gasteiger partial charge in [-0.2, -0.15) is 4.31 Å². The predicted octanol–water partition coefficient (Wildman–Crippen LogP) is -5.90. The summed E-state index contributed by atoms with van der Waals surface area (Å²) in [5, 5.41) is 93.3. The lowest BCUT2D eigenvalue weighted by Gasteiger charge is -2.49. The normalized spacial score (nSPS) is 41.2. The summed E-state index contributed by atoms with van der Waals surface area (Å²) in [6, 6.07) is 0.914. The lowest BCUT2D eigenvalue weighted by Crippen LogP contribution is -2.67. The first-order valence-electron chi connectivity index (χ1n) is 15.3. The van der Waals surface area contributed by atoms with Crippen molar-refractivity contribution in [1.82, 2.24) is 9.55 Å². The third-order valence-electron chi connectivity index (χ3n) is 8.86. The van der Waals surface area contributed by atoms with E-state index in [1.54, 1.807) is 0 Å². The SMILES string of the molecule is CO[C@@H]1O[C@@H](CO)[C@H](O)C(CC[C@@]2(COP(=O)(O)OP(=O)(O)OC[C@H]3O[C@@H](n4ccc(=O)[nH]c4=O)C(O)C3O)OC(CO)[C@H](O)C(O)C2O)C1O. The van der Waals surface area contributed by atoms with Gasteiger partial charge in [-0.25, -0.2) is 13.9 Å². The number of H-pyrrole nitrogens is 1. The van der Waals surface area contributed by atoms with Crippen molar-refractivity contribution in [2.75, 3.05) is 33.5 Å². The Bertz CT molecular complexity index is 1510. The van der Waals surface area contributed by atoms with Crippen LogP contribution in [0.2, 0.25) is 0 Å². The molecule has 0 radical (unpaired) electrons. The third kappa shape index (κ3) is 9.39. The molecular weight excluding hydrogens is 742 g/mol. The quantitative estimate of drug-likeness (QED) is 0.0737. The molecule has 0 saturated carbocycles. The number of aliphatic hydroxyl groups excluding tert-OH is 9. The van der Waals surface area contributed by atoms with Crippen molar-refractivity contribution in [3.8, 4) is 0 Å². The second-order valence-electron chi connectivity index (χ2n) is 12.1. The Morgan fingerprint density at radius 1 is 0.843 bits per heavy atom. The molecule has 9 unspecified atom stereocenters. The summed E-state index contributed by atoms with van der Waals surface area (Å²) in [4.78, 5) is 45.8. The van der Waals surface area contributed by atoms with Gasteiger partial charge in [0.05, 0.1) is 32.5 Å². The fraction of sp³-hybridized carbons (Fsp3) is 0.840. The highest BCUT2D eigenvalue weighted by molar-refractivity contribution is 7.61. The summed E-state index contributed by atoms with van der Waals surface area (Å²) in [6.07, 6.45) is -20.3. The number of aromatic amines is 1. The highest BCUT2D eigenvalue weighted by Gasteiger charge is 2.56. The number of phosphoric acid groups is 2. The molecule has 24 nitrogen and oxygen atoms in total. The number of ether oxygens (including phenoxy) is 4. The molecule has 3 aliphatic heterocycles. The van der Waals surface area contributed by atoms with Gasteiger partial charge in [0, 0.05) is 25.3 Å². The molecular formula is C25H42N2O22P2. The molecule has 12 N–H and O–H groups in total. The molecule has 51 heavy (non-hydrogen) atoms. The Labute approximate surface area is 287 Å². The van der Waals surface area contributed by atoms with Crippen LogP contribution in [-0.4, -0.2) is 172 Å². The van der Waals surface area contributed by atoms with Crippen molar-refractivity contribution in [3.05, 3.63) is 33.1 Å². The highest BCUT2D eigenvalue weighted by atomic mass is 31.3. The standard InChI is InChI=1S/C25H42N2O22P2/c1-43-23-16(32)10(15(31)11(6-28)47-23)2-4-25(21(37)19(35)17(33)12(7-29)48-25)9-45-51(41,42)49-50(39,40)44-8-13-18(34)20(36)22(46-13)27-5-3-14(30)26-24(27)38/h3,5,10-13,15-23,28-29,31-37H,2,4,6-9H2,1H3,(H,39,40)(H,41,42)(H,26,30,38)/t10?,11-,12?,13+,15+,16?,17-,18?,19?,20?,21?,22+,23+,25-/m0/s1. The van der Waals surface area contributed by atoms with E-state index in [-0.39, 0.29) is 6.42 Å². The van der Waals surface area contributed by atoms with Crippen molar-refractivity contribution in [3.63, 3.8) is 0 Å². The Hall–Kier alpha value is -1.58. The zero-order chi connectivity index (χ0) is 38.1. The number of hydrogen-bond acceptors (Lipinski definition) is 20. The second kappa shape index (κ2) is 16.8. The van der Waals surface area contributed by atoms with Crippen molar-refractivity contribution in [2.45, 2.75) is 92.0 Å². The molecule has 0 amide bonds. The molecule has 16 atom stereocenters. The zero-order valence-corrected chi connectivity index (χ0v) is 28.4. The number of aliphatic hydroxyl groups is 9. The molecule has 1 aromatic rings. The average molecular weight is 785 g/mol. The third-order valence-corrected chi connectivity index (χ3v) is 11.4. The summed E-state index contributed by atoms with van der Waals surface area (Å²) in [7, 11) is -10.2. The molecule has 26 heteroatoms. The fourth-order valence-corrected chi connectivity index (χ4v) is 8.21. The lowest BCUT2D eigenvalue weighted by atomic mass is 9.77. The summed E-state index contributed by atoms with van der Waals surface area (Å²) >= 11 is 0. The van der Waals surface area contributed by atoms with Crippen molar-refractivity contribution in [1.29, 1.82) is 0 Å². The van der Waals surface area contributed by atoms with Gasteiger partial charge < -0.3 is 74.7 Å². The molecule has 3 aliphatic rings. The number of hydrogen-bond donors (Lipinski definition) is 12. The number of nitrogens with zero attached hydrogens (tertiary/aromatic N) is 1. The Balaban J connectivity index is 1.46. The van der Waals surface area contributed by atoms with Gasteiger partial charge in [0.2, 0.25) is 0 Å². The van der Waals surface area contributed by atoms with E-state index in [4.69, 9.17) is 23.5 Å². The Kier molecular flexibility index (Phi) is 13.9. The first-order chi connectivity index (χ1) is 23.8. The van der Waals surface area contributed by atoms with Crippen LogP contribution < -0.4 is 11.2 Å². The monoisotopic (exact) mass is 784 g/mol. The first-order valence-corrected chi connectivity index (χ1v) is 18.3. The van der Waals surface area contributed by atoms with E-state index in [0.29, 0.717) is 4.57 Å². The molecule has 0 bridgehead atoms. The van der Waals surface area contributed by atoms with Crippen LogP contribution in [-0.2, 0) is 41.4 Å². The van der Waals surface area contributed by atoms with Gasteiger partial charge in [0.1, 0.15) is 60.5 Å². The van der Waals surface area contributed by atoms with Crippen LogP contribution in [0.4, 0.5) is 0 Å². The van der Waals surface area contributed by atoms with Crippen LogP contribution >= 0.6 is 15.6 Å². The van der Waals surface area contributed by atoms with E-state index in [9.17, 15) is 74.5 Å². The first kappa shape index (κ1) is 42.2. The van der Waals surface area contributed by atoms with Gasteiger partial charge in [-0.15, -0.1) is 0 Å². The van der Waals surface area contributed by atoms with Crippen LogP contribution in [0.15, 0.2) is 21.9 Å². The van der Waals surface area contributed by atoms with Gasteiger partial charge in [-0.05, 0) is 12.8 Å². The van der Waals surface area contributed by atoms with Crippen LogP contribution in [0.25, 0.3) is 0 Å². The number of phosphoric ester groups is 2. The molecule has 294 valence electrons. The average Bonchev–Trinajstić information content (AvgIpc) is 3.35. The van der Waals surface area contributed by atoms with Gasteiger partial charge in [0.15, 0.2) is 12.5 Å². The number of nitrogens with one attached hydrogen (secondary N) is 1. The van der Waals surface area contributed by atoms with Crippen molar-refractivity contribution >= 4 is 15.6 Å². The predicted molar refractivity (Wildman–Crippen MR) is 160 cm³/mol. The van der Waals surface area contributed by atoms with Gasteiger partial charge in [-0.1, -0.05) is 0 Å². The highest BCUT2D eigenvalue weighted by Crippen LogP contribution is 2.61. The summed E-state index contributed by atoms with van der Waals surface area (Å²) in [5.74, 6) is -1.19. The topological polar surface area (TPSA) is 376 Å². The van der Waals surface area contributed by atoms with Gasteiger partial charge in [-0.3, -0.25) is 23.4 Å². The molecule has 3 saturated heterocycles. The number of aromatic nitrogens is 2. The minimum absolute atomic E-state index is 0.372. The summed E-state index contributed by atoms with van der Waals surface area (Å²) in [6.45, 7) is -4.00. The lowest BCUT2D eigenvalue weighted by molar-refractivity contribution is -0.296. The molecule has 3 fully saturated rings. The number of rotatable bonds is 15. The molecule has 0 spiro atoms. The van der Waals surface area contributed by atoms with E-state index >= 15 is 0 Å². The van der Waals surface area contributed by atoms with Crippen LogP contribution in [0, 0.1) is 5.92 Å². The molecule has 0 aliphatic carbocycles. The fourth-order valence-electron chi connectivity index (χ4n) is 6.07. The maximum absolute atomic E-state index is 12.9. The minimum Gasteiger partial charge on any atom is -0.394 e. The largest absolute Gasteiger partial charge is 0.481 e. The van der Waals surface area contributed by atoms with Gasteiger partial charge in [0.25, 0.3) is 5.56 Å². The van der Waals surface area contributed by atoms with Crippen molar-refractivity contribution < 1.29 is 97.2 Å². The van der Waals surface area contributed by atoms with E-state index in [1.165, 1.54) is 7.11 Å². The van der Waals surface area contributed by atoms with Gasteiger partial charge >= 0.3 is 21.3 Å². The Morgan fingerprint density at radius 2 is 1.47 bits per heavy atom. The molecule has 4 rings (SSSR count). The molecule has 0 aromatic carbocycles. The maximum atomic E-state index is 12.9. The zero-order valence-electron chi connectivity index (χ0n) is 26.7. The van der Waals surface area contributed by atoms with Crippen LogP contribution in [0.1, 0.15) is 19.1 Å². The van der Waals surface area contributed by atoms with Crippen LogP contribution in [0.3, 0.4) is 0 Å². The summed E-state index contributed by atoms with van der Waals surface area (Å²) < 4.78 is 61.3. The molecule has 4 heterocycles. The Morgan fingerprint density at radius 3 is 2.08 bits per heavy atom. The van der Waals surface area contributed by atoms with E-state index in [1.807, 2.05) is 4.98 Å². The van der Waals surface area contributed by atoms with Crippen LogP contribution in [0.5, 0.6) is 0 Å². The minimum atomic E-state index is -5.72. The number of methoxy groups -OCH3 is 1. The van der Waals surface area contributed by atoms with E-state index in [2.05, 4.69) is 8.83 Å². The smallest absolute Gasteiger partial charge is 0.394 e. The second-order valence-corrected chi connectivity index (χ2v) is 15.2.